The summed E-state index contributed by atoms with van der Waals surface area (Å²) in [6, 6.07) is 19.9. The summed E-state index contributed by atoms with van der Waals surface area (Å²) in [6.45, 7) is 0.681. The summed E-state index contributed by atoms with van der Waals surface area (Å²) in [5.41, 5.74) is 2.98. The Morgan fingerprint density at radius 2 is 1.73 bits per heavy atom. The Kier molecular flexibility index (Phi) is 4.43. The third kappa shape index (κ3) is 3.32. The van der Waals surface area contributed by atoms with E-state index in [9.17, 15) is 0 Å². The number of ether oxygens (including phenoxy) is 1. The van der Waals surface area contributed by atoms with Gasteiger partial charge in [0.15, 0.2) is 5.82 Å². The molecule has 4 rings (SSSR count). The Labute approximate surface area is 151 Å². The van der Waals surface area contributed by atoms with Crippen molar-refractivity contribution in [2.45, 2.75) is 6.54 Å². The summed E-state index contributed by atoms with van der Waals surface area (Å²) in [6.07, 6.45) is 3.49. The van der Waals surface area contributed by atoms with Crippen molar-refractivity contribution in [3.8, 4) is 17.1 Å². The van der Waals surface area contributed by atoms with Crippen molar-refractivity contribution in [2.24, 2.45) is 0 Å². The van der Waals surface area contributed by atoms with E-state index in [1.54, 1.807) is 19.5 Å². The average Bonchev–Trinajstić information content (AvgIpc) is 2.73. The molecular formula is C21H18N4O. The number of benzene rings is 2. The first kappa shape index (κ1) is 16.0. The molecule has 128 valence electrons. The highest BCUT2D eigenvalue weighted by atomic mass is 16.5. The quantitative estimate of drug-likeness (QED) is 0.585. The topological polar surface area (TPSA) is 59.9 Å². The molecule has 0 saturated heterocycles. The molecule has 26 heavy (non-hydrogen) atoms. The van der Waals surface area contributed by atoms with Gasteiger partial charge in [-0.3, -0.25) is 4.98 Å². The number of nitrogens with zero attached hydrogens (tertiary/aromatic N) is 3. The lowest BCUT2D eigenvalue weighted by Crippen LogP contribution is -2.04. The number of aromatic nitrogens is 3. The second-order valence-electron chi connectivity index (χ2n) is 5.85. The minimum absolute atomic E-state index is 0.667. The van der Waals surface area contributed by atoms with Gasteiger partial charge in [-0.05, 0) is 35.9 Å². The lowest BCUT2D eigenvalue weighted by atomic mass is 10.2. The van der Waals surface area contributed by atoms with Gasteiger partial charge in [0.2, 0.25) is 0 Å². The predicted octanol–water partition coefficient (Wildman–Crippen LogP) is 4.31. The van der Waals surface area contributed by atoms with Gasteiger partial charge >= 0.3 is 0 Å². The van der Waals surface area contributed by atoms with E-state index in [0.29, 0.717) is 12.4 Å². The zero-order chi connectivity index (χ0) is 17.8. The fraction of sp³-hybridized carbons (Fsp3) is 0.0952. The molecule has 5 nitrogen and oxygen atoms in total. The number of pyridine rings is 1. The molecule has 0 bridgehead atoms. The molecule has 2 aromatic carbocycles. The van der Waals surface area contributed by atoms with Crippen LogP contribution in [0.4, 0.5) is 5.82 Å². The van der Waals surface area contributed by atoms with E-state index in [1.807, 2.05) is 48.5 Å². The van der Waals surface area contributed by atoms with E-state index in [1.165, 1.54) is 5.56 Å². The molecule has 5 heteroatoms. The fourth-order valence-corrected chi connectivity index (χ4v) is 2.78. The van der Waals surface area contributed by atoms with E-state index in [-0.39, 0.29) is 0 Å². The monoisotopic (exact) mass is 342 g/mol. The van der Waals surface area contributed by atoms with E-state index < -0.39 is 0 Å². The van der Waals surface area contributed by atoms with E-state index in [2.05, 4.69) is 22.4 Å². The van der Waals surface area contributed by atoms with Gasteiger partial charge in [-0.15, -0.1) is 0 Å². The van der Waals surface area contributed by atoms with Crippen molar-refractivity contribution >= 4 is 16.7 Å². The first-order valence-electron chi connectivity index (χ1n) is 8.37. The van der Waals surface area contributed by atoms with Gasteiger partial charge in [0.25, 0.3) is 0 Å². The smallest absolute Gasteiger partial charge is 0.162 e. The molecule has 0 atom stereocenters. The van der Waals surface area contributed by atoms with Crippen LogP contribution in [0.2, 0.25) is 0 Å². The van der Waals surface area contributed by atoms with Crippen LogP contribution < -0.4 is 10.1 Å². The summed E-state index contributed by atoms with van der Waals surface area (Å²) in [5, 5.41) is 4.37. The van der Waals surface area contributed by atoms with Gasteiger partial charge < -0.3 is 10.1 Å². The van der Waals surface area contributed by atoms with Crippen LogP contribution in [0.3, 0.4) is 0 Å². The molecule has 4 aromatic rings. The Hall–Kier alpha value is -3.47. The van der Waals surface area contributed by atoms with Gasteiger partial charge in [-0.1, -0.05) is 30.3 Å². The third-order valence-corrected chi connectivity index (χ3v) is 4.14. The van der Waals surface area contributed by atoms with Crippen LogP contribution >= 0.6 is 0 Å². The van der Waals surface area contributed by atoms with Gasteiger partial charge in [0, 0.05) is 29.9 Å². The molecule has 0 unspecified atom stereocenters. The number of hydrogen-bond acceptors (Lipinski definition) is 5. The van der Waals surface area contributed by atoms with Gasteiger partial charge in [-0.25, -0.2) is 9.97 Å². The first-order chi connectivity index (χ1) is 12.8. The van der Waals surface area contributed by atoms with Gasteiger partial charge in [0.05, 0.1) is 12.6 Å². The normalized spacial score (nSPS) is 10.7. The van der Waals surface area contributed by atoms with Crippen LogP contribution in [0.5, 0.6) is 5.75 Å². The molecule has 2 heterocycles. The molecule has 0 aliphatic carbocycles. The van der Waals surface area contributed by atoms with E-state index >= 15 is 0 Å². The largest absolute Gasteiger partial charge is 0.497 e. The molecule has 0 spiro atoms. The molecule has 0 aliphatic heterocycles. The minimum Gasteiger partial charge on any atom is -0.497 e. The zero-order valence-corrected chi connectivity index (χ0v) is 14.4. The highest BCUT2D eigenvalue weighted by molar-refractivity contribution is 5.91. The molecule has 1 N–H and O–H groups in total. The number of anilines is 1. The summed E-state index contributed by atoms with van der Waals surface area (Å²) in [4.78, 5) is 13.5. The summed E-state index contributed by atoms with van der Waals surface area (Å²) in [7, 11) is 1.66. The highest BCUT2D eigenvalue weighted by Gasteiger charge is 2.10. The van der Waals surface area contributed by atoms with Crippen LogP contribution in [0.25, 0.3) is 22.3 Å². The van der Waals surface area contributed by atoms with E-state index in [4.69, 9.17) is 14.7 Å². The maximum Gasteiger partial charge on any atom is 0.162 e. The first-order valence-corrected chi connectivity index (χ1v) is 8.37. The number of methoxy groups -OCH3 is 1. The molecule has 0 fully saturated rings. The van der Waals surface area contributed by atoms with Crippen LogP contribution in [-0.4, -0.2) is 22.1 Å². The van der Waals surface area contributed by atoms with Crippen LogP contribution in [-0.2, 0) is 6.54 Å². The number of hydrogen-bond donors (Lipinski definition) is 1. The Morgan fingerprint density at radius 3 is 2.50 bits per heavy atom. The number of rotatable bonds is 5. The highest BCUT2D eigenvalue weighted by Crippen LogP contribution is 2.28. The van der Waals surface area contributed by atoms with Crippen LogP contribution in [0.15, 0.2) is 73.1 Å². The third-order valence-electron chi connectivity index (χ3n) is 4.14. The summed E-state index contributed by atoms with van der Waals surface area (Å²) < 4.78 is 5.36. The van der Waals surface area contributed by atoms with Gasteiger partial charge in [0.1, 0.15) is 11.6 Å². The molecule has 2 aromatic heterocycles. The Bertz CT molecular complexity index is 1020. The van der Waals surface area contributed by atoms with Crippen molar-refractivity contribution in [3.05, 3.63) is 78.6 Å². The second kappa shape index (κ2) is 7.19. The van der Waals surface area contributed by atoms with Crippen molar-refractivity contribution < 1.29 is 4.74 Å². The zero-order valence-electron chi connectivity index (χ0n) is 14.4. The number of nitrogens with one attached hydrogen (secondary N) is 1. The lowest BCUT2D eigenvalue weighted by molar-refractivity contribution is 0.415. The second-order valence-corrected chi connectivity index (χ2v) is 5.85. The number of fused-ring (bicyclic) bond motifs is 1. The Morgan fingerprint density at radius 1 is 0.923 bits per heavy atom. The molecular weight excluding hydrogens is 324 g/mol. The SMILES string of the molecule is COc1ccc2nc(-c3ccncc3)nc(NCc3ccccc3)c2c1. The molecule has 0 aliphatic rings. The Balaban J connectivity index is 1.78. The average molecular weight is 342 g/mol. The van der Waals surface area contributed by atoms with Crippen molar-refractivity contribution in [3.63, 3.8) is 0 Å². The van der Waals surface area contributed by atoms with Crippen molar-refractivity contribution in [1.29, 1.82) is 0 Å². The molecule has 0 saturated carbocycles. The maximum atomic E-state index is 5.36. The van der Waals surface area contributed by atoms with Crippen LogP contribution in [0, 0.1) is 0 Å². The standard InChI is InChI=1S/C21H18N4O/c1-26-17-7-8-19-18(13-17)21(23-14-15-5-3-2-4-6-15)25-20(24-19)16-9-11-22-12-10-16/h2-13H,14H2,1H3,(H,23,24,25). The maximum absolute atomic E-state index is 5.36. The van der Waals surface area contributed by atoms with Crippen molar-refractivity contribution in [1.82, 2.24) is 15.0 Å². The van der Waals surface area contributed by atoms with E-state index in [0.717, 1.165) is 28.0 Å². The predicted molar refractivity (Wildman–Crippen MR) is 103 cm³/mol. The summed E-state index contributed by atoms with van der Waals surface area (Å²) >= 11 is 0. The molecule has 0 amide bonds. The summed E-state index contributed by atoms with van der Waals surface area (Å²) in [5.74, 6) is 2.23. The van der Waals surface area contributed by atoms with Crippen molar-refractivity contribution in [2.75, 3.05) is 12.4 Å². The fourth-order valence-electron chi connectivity index (χ4n) is 2.78. The minimum atomic E-state index is 0.667. The van der Waals surface area contributed by atoms with Crippen LogP contribution in [0.1, 0.15) is 5.56 Å². The lowest BCUT2D eigenvalue weighted by Gasteiger charge is -2.12. The van der Waals surface area contributed by atoms with Gasteiger partial charge in [-0.2, -0.15) is 0 Å². The molecule has 0 radical (unpaired) electrons.